The van der Waals surface area contributed by atoms with E-state index in [1.54, 1.807) is 6.07 Å². The van der Waals surface area contributed by atoms with Crippen molar-refractivity contribution in [1.82, 2.24) is 0 Å². The molecule has 0 saturated heterocycles. The molecule has 0 saturated carbocycles. The predicted molar refractivity (Wildman–Crippen MR) is 58.0 cm³/mol. The fraction of sp³-hybridized carbons (Fsp3) is 0.200. The minimum absolute atomic E-state index is 0.220. The van der Waals surface area contributed by atoms with Gasteiger partial charge in [0.05, 0.1) is 4.92 Å². The molecule has 0 aliphatic heterocycles. The molecule has 14 heavy (non-hydrogen) atoms. The molecule has 0 aliphatic rings. The SMILES string of the molecule is Cc1ccc(C)c2sc([N+](=O)[O-])cc12. The third-order valence-electron chi connectivity index (χ3n) is 2.27. The summed E-state index contributed by atoms with van der Waals surface area (Å²) in [6, 6.07) is 5.65. The molecule has 0 spiro atoms. The summed E-state index contributed by atoms with van der Waals surface area (Å²) in [5, 5.41) is 11.8. The molecule has 3 nitrogen and oxygen atoms in total. The van der Waals surface area contributed by atoms with Gasteiger partial charge in [-0.3, -0.25) is 10.1 Å². The molecule has 2 aromatic rings. The maximum Gasteiger partial charge on any atom is 0.325 e. The first-order valence-corrected chi connectivity index (χ1v) is 5.05. The molecule has 0 unspecified atom stereocenters. The van der Waals surface area contributed by atoms with Crippen molar-refractivity contribution in [2.75, 3.05) is 0 Å². The van der Waals surface area contributed by atoms with Crippen LogP contribution in [0.25, 0.3) is 10.1 Å². The second-order valence-corrected chi connectivity index (χ2v) is 4.31. The number of rotatable bonds is 1. The fourth-order valence-corrected chi connectivity index (χ4v) is 2.49. The van der Waals surface area contributed by atoms with Gasteiger partial charge in [0, 0.05) is 16.2 Å². The van der Waals surface area contributed by atoms with Gasteiger partial charge in [0.25, 0.3) is 0 Å². The largest absolute Gasteiger partial charge is 0.325 e. The Morgan fingerprint density at radius 1 is 1.29 bits per heavy atom. The van der Waals surface area contributed by atoms with Gasteiger partial charge >= 0.3 is 5.00 Å². The van der Waals surface area contributed by atoms with Gasteiger partial charge in [-0.1, -0.05) is 23.5 Å². The minimum Gasteiger partial charge on any atom is -0.258 e. The molecule has 0 radical (unpaired) electrons. The number of aryl methyl sites for hydroxylation is 2. The highest BCUT2D eigenvalue weighted by molar-refractivity contribution is 7.22. The molecule has 4 heteroatoms. The van der Waals surface area contributed by atoms with E-state index in [4.69, 9.17) is 0 Å². The van der Waals surface area contributed by atoms with Gasteiger partial charge in [-0.05, 0) is 25.0 Å². The maximum atomic E-state index is 10.6. The Morgan fingerprint density at radius 2 is 1.93 bits per heavy atom. The number of benzene rings is 1. The molecule has 1 aromatic carbocycles. The summed E-state index contributed by atoms with van der Waals surface area (Å²) in [4.78, 5) is 10.3. The summed E-state index contributed by atoms with van der Waals surface area (Å²) in [5.74, 6) is 0. The first kappa shape index (κ1) is 9.15. The van der Waals surface area contributed by atoms with E-state index in [2.05, 4.69) is 0 Å². The number of nitrogens with zero attached hydrogens (tertiary/aromatic N) is 1. The number of nitro groups is 1. The second-order valence-electron chi connectivity index (χ2n) is 3.28. The zero-order valence-corrected chi connectivity index (χ0v) is 8.72. The van der Waals surface area contributed by atoms with Crippen LogP contribution in [0.15, 0.2) is 18.2 Å². The normalized spacial score (nSPS) is 10.7. The summed E-state index contributed by atoms with van der Waals surface area (Å²) in [7, 11) is 0. The van der Waals surface area contributed by atoms with E-state index in [1.807, 2.05) is 26.0 Å². The Kier molecular flexibility index (Phi) is 2.00. The molecule has 1 aromatic heterocycles. The first-order valence-electron chi connectivity index (χ1n) is 4.24. The highest BCUT2D eigenvalue weighted by Gasteiger charge is 2.13. The number of hydrogen-bond donors (Lipinski definition) is 0. The van der Waals surface area contributed by atoms with Crippen LogP contribution in [0.3, 0.4) is 0 Å². The molecule has 1 heterocycles. The Bertz CT molecular complexity index is 477. The van der Waals surface area contributed by atoms with Crippen LogP contribution in [-0.2, 0) is 0 Å². The fourth-order valence-electron chi connectivity index (χ4n) is 1.47. The maximum absolute atomic E-state index is 10.6. The Labute approximate surface area is 85.1 Å². The average molecular weight is 207 g/mol. The van der Waals surface area contributed by atoms with E-state index >= 15 is 0 Å². The number of thiophene rings is 1. The molecule has 2 rings (SSSR count). The molecule has 0 N–H and O–H groups in total. The van der Waals surface area contributed by atoms with Crippen molar-refractivity contribution in [3.63, 3.8) is 0 Å². The lowest BCUT2D eigenvalue weighted by Crippen LogP contribution is -1.80. The lowest BCUT2D eigenvalue weighted by atomic mass is 10.1. The van der Waals surface area contributed by atoms with Crippen LogP contribution in [0.1, 0.15) is 11.1 Å². The summed E-state index contributed by atoms with van der Waals surface area (Å²) < 4.78 is 1.02. The van der Waals surface area contributed by atoms with Crippen LogP contribution in [0.5, 0.6) is 0 Å². The van der Waals surface area contributed by atoms with E-state index in [1.165, 1.54) is 11.3 Å². The van der Waals surface area contributed by atoms with E-state index in [-0.39, 0.29) is 9.92 Å². The molecule has 0 atom stereocenters. The smallest absolute Gasteiger partial charge is 0.258 e. The second kappa shape index (κ2) is 3.06. The molecular formula is C10H9NO2S. The van der Waals surface area contributed by atoms with Crippen LogP contribution >= 0.6 is 11.3 Å². The highest BCUT2D eigenvalue weighted by Crippen LogP contribution is 2.35. The zero-order valence-electron chi connectivity index (χ0n) is 7.90. The first-order chi connectivity index (χ1) is 6.59. The van der Waals surface area contributed by atoms with Crippen molar-refractivity contribution >= 4 is 26.4 Å². The standard InChI is InChI=1S/C10H9NO2S/c1-6-3-4-7(2)10-8(6)5-9(14-10)11(12)13/h3-5H,1-2H3. The van der Waals surface area contributed by atoms with Gasteiger partial charge in [-0.15, -0.1) is 0 Å². The molecule has 72 valence electrons. The van der Waals surface area contributed by atoms with Crippen LogP contribution in [0, 0.1) is 24.0 Å². The topological polar surface area (TPSA) is 43.1 Å². The summed E-state index contributed by atoms with van der Waals surface area (Å²) in [6.45, 7) is 3.94. The summed E-state index contributed by atoms with van der Waals surface area (Å²) in [5.41, 5.74) is 2.19. The lowest BCUT2D eigenvalue weighted by molar-refractivity contribution is -0.380. The molecule has 0 fully saturated rings. The molecule has 0 amide bonds. The molecular weight excluding hydrogens is 198 g/mol. The predicted octanol–water partition coefficient (Wildman–Crippen LogP) is 3.43. The van der Waals surface area contributed by atoms with Gasteiger partial charge in [0.15, 0.2) is 0 Å². The molecule has 0 bridgehead atoms. The van der Waals surface area contributed by atoms with Crippen LogP contribution in [0.2, 0.25) is 0 Å². The van der Waals surface area contributed by atoms with Crippen LogP contribution < -0.4 is 0 Å². The molecule has 0 aliphatic carbocycles. The van der Waals surface area contributed by atoms with Crippen molar-refractivity contribution < 1.29 is 4.92 Å². The average Bonchev–Trinajstić information content (AvgIpc) is 2.57. The minimum atomic E-state index is -0.330. The van der Waals surface area contributed by atoms with E-state index in [0.29, 0.717) is 0 Å². The van der Waals surface area contributed by atoms with E-state index in [9.17, 15) is 10.1 Å². The summed E-state index contributed by atoms with van der Waals surface area (Å²) in [6.07, 6.45) is 0. The van der Waals surface area contributed by atoms with E-state index in [0.717, 1.165) is 21.2 Å². The van der Waals surface area contributed by atoms with Crippen molar-refractivity contribution in [3.05, 3.63) is 39.4 Å². The number of hydrogen-bond acceptors (Lipinski definition) is 3. The quantitative estimate of drug-likeness (QED) is 0.531. The highest BCUT2D eigenvalue weighted by atomic mass is 32.1. The van der Waals surface area contributed by atoms with Crippen molar-refractivity contribution in [3.8, 4) is 0 Å². The van der Waals surface area contributed by atoms with Gasteiger partial charge in [0.1, 0.15) is 0 Å². The zero-order chi connectivity index (χ0) is 10.3. The summed E-state index contributed by atoms with van der Waals surface area (Å²) >= 11 is 1.25. The Hall–Kier alpha value is -1.42. The van der Waals surface area contributed by atoms with Crippen molar-refractivity contribution in [2.24, 2.45) is 0 Å². The number of fused-ring (bicyclic) bond motifs is 1. The van der Waals surface area contributed by atoms with Gasteiger partial charge in [-0.2, -0.15) is 0 Å². The van der Waals surface area contributed by atoms with Gasteiger partial charge in [0.2, 0.25) is 0 Å². The monoisotopic (exact) mass is 207 g/mol. The third kappa shape index (κ3) is 1.28. The van der Waals surface area contributed by atoms with Crippen molar-refractivity contribution in [1.29, 1.82) is 0 Å². The van der Waals surface area contributed by atoms with Crippen LogP contribution in [0.4, 0.5) is 5.00 Å². The van der Waals surface area contributed by atoms with Gasteiger partial charge in [-0.25, -0.2) is 0 Å². The van der Waals surface area contributed by atoms with E-state index < -0.39 is 0 Å². The van der Waals surface area contributed by atoms with Crippen LogP contribution in [-0.4, -0.2) is 4.92 Å². The van der Waals surface area contributed by atoms with Crippen molar-refractivity contribution in [2.45, 2.75) is 13.8 Å². The van der Waals surface area contributed by atoms with Gasteiger partial charge < -0.3 is 0 Å². The Morgan fingerprint density at radius 3 is 2.50 bits per heavy atom. The Balaban J connectivity index is 2.82. The lowest BCUT2D eigenvalue weighted by Gasteiger charge is -1.97. The third-order valence-corrected chi connectivity index (χ3v) is 3.49.